The Balaban J connectivity index is 1.75. The number of aromatic nitrogens is 1. The molecule has 1 fully saturated rings. The first-order chi connectivity index (χ1) is 16.3. The van der Waals surface area contributed by atoms with Gasteiger partial charge in [0.2, 0.25) is 5.91 Å². The first kappa shape index (κ1) is 24.2. The summed E-state index contributed by atoms with van der Waals surface area (Å²) >= 11 is 7.26. The quantitative estimate of drug-likeness (QED) is 0.509. The van der Waals surface area contributed by atoms with Gasteiger partial charge in [-0.2, -0.15) is 0 Å². The summed E-state index contributed by atoms with van der Waals surface area (Å²) in [4.78, 5) is 41.1. The maximum absolute atomic E-state index is 13.3. The molecule has 1 aliphatic heterocycles. The number of nitrogens with zero attached hydrogens (tertiary/aromatic N) is 2. The van der Waals surface area contributed by atoms with Gasteiger partial charge < -0.3 is 4.90 Å². The summed E-state index contributed by atoms with van der Waals surface area (Å²) in [5.74, 6) is 0.236. The lowest BCUT2D eigenvalue weighted by molar-refractivity contribution is -0.133. The number of carbonyl (C=O) groups excluding carboxylic acids is 2. The molecule has 0 unspecified atom stereocenters. The number of halogens is 1. The van der Waals surface area contributed by atoms with E-state index in [1.807, 2.05) is 36.1 Å². The highest BCUT2D eigenvalue weighted by atomic mass is 35.5. The van der Waals surface area contributed by atoms with Crippen LogP contribution >= 0.6 is 22.9 Å². The lowest BCUT2D eigenvalue weighted by Crippen LogP contribution is -2.43. The second-order valence-corrected chi connectivity index (χ2v) is 10.3. The summed E-state index contributed by atoms with van der Waals surface area (Å²) in [6.45, 7) is 5.50. The molecular formula is C27H27ClN2O3S. The Hall–Kier alpha value is -2.96. The van der Waals surface area contributed by atoms with Crippen molar-refractivity contribution in [1.29, 1.82) is 0 Å². The fourth-order valence-electron chi connectivity index (χ4n) is 3.94. The van der Waals surface area contributed by atoms with Gasteiger partial charge in [-0.05, 0) is 49.5 Å². The Morgan fingerprint density at radius 2 is 1.82 bits per heavy atom. The van der Waals surface area contributed by atoms with Crippen LogP contribution in [-0.4, -0.2) is 34.2 Å². The average Bonchev–Trinajstić information content (AvgIpc) is 3.09. The van der Waals surface area contributed by atoms with Crippen molar-refractivity contribution in [2.75, 3.05) is 13.1 Å². The molecule has 0 bridgehead atoms. The number of hydrogen-bond acceptors (Lipinski definition) is 4. The van der Waals surface area contributed by atoms with Crippen LogP contribution in [0.1, 0.15) is 41.3 Å². The summed E-state index contributed by atoms with van der Waals surface area (Å²) < 4.78 is 2.36. The Morgan fingerprint density at radius 1 is 1.12 bits per heavy atom. The number of aryl methyl sites for hydroxylation is 1. The number of carbonyl (C=O) groups is 2. The lowest BCUT2D eigenvalue weighted by Gasteiger charge is -2.30. The van der Waals surface area contributed by atoms with Crippen molar-refractivity contribution in [1.82, 2.24) is 9.47 Å². The zero-order valence-corrected chi connectivity index (χ0v) is 20.9. The van der Waals surface area contributed by atoms with E-state index in [-0.39, 0.29) is 23.8 Å². The molecule has 2 heterocycles. The van der Waals surface area contributed by atoms with Crippen molar-refractivity contribution in [2.45, 2.75) is 33.2 Å². The Labute approximate surface area is 207 Å². The number of ketones is 1. The number of Topliss-reactive ketones (excluding diaryl/α,β-unsaturated/α-hetero) is 1. The lowest BCUT2D eigenvalue weighted by atomic mass is 9.99. The molecule has 0 radical (unpaired) electrons. The van der Waals surface area contributed by atoms with Gasteiger partial charge in [0.25, 0.3) is 5.56 Å². The molecule has 1 aromatic heterocycles. The van der Waals surface area contributed by atoms with Crippen molar-refractivity contribution in [3.8, 4) is 0 Å². The van der Waals surface area contributed by atoms with Gasteiger partial charge in [-0.25, -0.2) is 0 Å². The van der Waals surface area contributed by atoms with Crippen LogP contribution in [0, 0.1) is 12.8 Å². The summed E-state index contributed by atoms with van der Waals surface area (Å²) in [6, 6.07) is 14.5. The molecule has 4 rings (SSSR count). The van der Waals surface area contributed by atoms with Crippen LogP contribution in [-0.2, 0) is 11.3 Å². The summed E-state index contributed by atoms with van der Waals surface area (Å²) in [6.07, 6.45) is 5.15. The third-order valence-electron chi connectivity index (χ3n) is 6.11. The summed E-state index contributed by atoms with van der Waals surface area (Å²) in [5.41, 5.74) is 2.18. The highest BCUT2D eigenvalue weighted by Gasteiger charge is 2.21. The molecule has 0 saturated carbocycles. The molecule has 3 aromatic rings. The van der Waals surface area contributed by atoms with Gasteiger partial charge in [-0.3, -0.25) is 19.0 Å². The van der Waals surface area contributed by atoms with Crippen LogP contribution in [0.15, 0.2) is 53.3 Å². The van der Waals surface area contributed by atoms with E-state index in [1.165, 1.54) is 22.0 Å². The minimum Gasteiger partial charge on any atom is -0.341 e. The van der Waals surface area contributed by atoms with Crippen LogP contribution in [0.25, 0.3) is 12.2 Å². The van der Waals surface area contributed by atoms with E-state index in [2.05, 4.69) is 6.92 Å². The molecule has 0 N–H and O–H groups in total. The number of hydrogen-bond donors (Lipinski definition) is 0. The normalized spacial score (nSPS) is 15.7. The third-order valence-corrected chi connectivity index (χ3v) is 7.40. The molecule has 0 aliphatic carbocycles. The van der Waals surface area contributed by atoms with E-state index in [1.54, 1.807) is 30.3 Å². The molecule has 7 heteroatoms. The zero-order valence-electron chi connectivity index (χ0n) is 19.3. The van der Waals surface area contributed by atoms with E-state index >= 15 is 0 Å². The van der Waals surface area contributed by atoms with Crippen LogP contribution in [0.2, 0.25) is 5.02 Å². The molecule has 34 heavy (non-hydrogen) atoms. The molecule has 0 atom stereocenters. The number of rotatable bonds is 5. The Kier molecular flexibility index (Phi) is 7.49. The summed E-state index contributed by atoms with van der Waals surface area (Å²) in [5, 5.41) is 0.464. The molecule has 1 saturated heterocycles. The van der Waals surface area contributed by atoms with E-state index in [0.717, 1.165) is 24.0 Å². The number of thiazole rings is 1. The maximum atomic E-state index is 13.3. The van der Waals surface area contributed by atoms with Crippen molar-refractivity contribution in [3.05, 3.63) is 89.8 Å². The van der Waals surface area contributed by atoms with Gasteiger partial charge >= 0.3 is 0 Å². The molecule has 5 nitrogen and oxygen atoms in total. The molecule has 1 aliphatic rings. The highest BCUT2D eigenvalue weighted by molar-refractivity contribution is 7.07. The Morgan fingerprint density at radius 3 is 2.50 bits per heavy atom. The minimum absolute atomic E-state index is 0.0832. The molecular weight excluding hydrogens is 468 g/mol. The van der Waals surface area contributed by atoms with Crippen LogP contribution in [0.3, 0.4) is 0 Å². The standard InChI is InChI=1S/C27H27ClN2O3S/c1-18-6-8-20(9-7-18)14-24-27(33)30(17-25(32)29-12-10-19(2)11-13-29)26(34-24)16-23(31)21-4-3-5-22(28)15-21/h3-9,14-16,19H,10-13,17H2,1-2H3. The number of amides is 1. The monoisotopic (exact) mass is 494 g/mol. The van der Waals surface area contributed by atoms with E-state index in [0.29, 0.717) is 38.8 Å². The van der Waals surface area contributed by atoms with E-state index in [9.17, 15) is 14.4 Å². The first-order valence-electron chi connectivity index (χ1n) is 11.4. The predicted molar refractivity (Wildman–Crippen MR) is 138 cm³/mol. The highest BCUT2D eigenvalue weighted by Crippen LogP contribution is 2.16. The summed E-state index contributed by atoms with van der Waals surface area (Å²) in [7, 11) is 0. The smallest absolute Gasteiger partial charge is 0.269 e. The number of benzene rings is 2. The number of piperidine rings is 1. The second-order valence-electron chi connectivity index (χ2n) is 8.83. The van der Waals surface area contributed by atoms with Crippen molar-refractivity contribution in [2.24, 2.45) is 5.92 Å². The molecule has 0 spiro atoms. The zero-order chi connectivity index (χ0) is 24.2. The fourth-order valence-corrected chi connectivity index (χ4v) is 5.17. The van der Waals surface area contributed by atoms with Gasteiger partial charge in [-0.1, -0.05) is 60.5 Å². The third kappa shape index (κ3) is 5.75. The van der Waals surface area contributed by atoms with Gasteiger partial charge in [-0.15, -0.1) is 11.3 Å². The fraction of sp³-hybridized carbons (Fsp3) is 0.296. The minimum atomic E-state index is -0.269. The average molecular weight is 495 g/mol. The Bertz CT molecular complexity index is 1380. The van der Waals surface area contributed by atoms with Gasteiger partial charge in [0, 0.05) is 29.8 Å². The van der Waals surface area contributed by atoms with Gasteiger partial charge in [0.05, 0.1) is 4.53 Å². The maximum Gasteiger partial charge on any atom is 0.269 e. The van der Waals surface area contributed by atoms with E-state index in [4.69, 9.17) is 11.6 Å². The van der Waals surface area contributed by atoms with Crippen LogP contribution in [0.5, 0.6) is 0 Å². The topological polar surface area (TPSA) is 59.4 Å². The predicted octanol–water partition coefficient (Wildman–Crippen LogP) is 3.62. The van der Waals surface area contributed by atoms with Gasteiger partial charge in [0.1, 0.15) is 11.2 Å². The van der Waals surface area contributed by atoms with E-state index < -0.39 is 0 Å². The first-order valence-corrected chi connectivity index (χ1v) is 12.6. The molecule has 176 valence electrons. The largest absolute Gasteiger partial charge is 0.341 e. The second kappa shape index (κ2) is 10.5. The molecule has 1 amide bonds. The van der Waals surface area contributed by atoms with Crippen LogP contribution < -0.4 is 14.8 Å². The van der Waals surface area contributed by atoms with Crippen molar-refractivity contribution < 1.29 is 9.59 Å². The van der Waals surface area contributed by atoms with Crippen molar-refractivity contribution in [3.63, 3.8) is 0 Å². The van der Waals surface area contributed by atoms with Crippen molar-refractivity contribution >= 4 is 46.8 Å². The van der Waals surface area contributed by atoms with Crippen LogP contribution in [0.4, 0.5) is 0 Å². The SMILES string of the molecule is Cc1ccc(C=c2sc(=CC(=O)c3cccc(Cl)c3)n(CC(=O)N3CCC(C)CC3)c2=O)cc1. The van der Waals surface area contributed by atoms with Gasteiger partial charge in [0.15, 0.2) is 5.78 Å². The number of likely N-dealkylation sites (tertiary alicyclic amines) is 1. The molecule has 2 aromatic carbocycles.